The van der Waals surface area contributed by atoms with Gasteiger partial charge in [0.1, 0.15) is 6.10 Å². The summed E-state index contributed by atoms with van der Waals surface area (Å²) < 4.78 is 41.7. The fraction of sp³-hybridized carbons (Fsp3) is 0.333. The van der Waals surface area contributed by atoms with Crippen molar-refractivity contribution in [2.75, 3.05) is 0 Å². The van der Waals surface area contributed by atoms with Crippen LogP contribution in [0.2, 0.25) is 0 Å². The summed E-state index contributed by atoms with van der Waals surface area (Å²) in [5, 5.41) is 15.5. The summed E-state index contributed by atoms with van der Waals surface area (Å²) in [6.07, 6.45) is -2.13. The van der Waals surface area contributed by atoms with Gasteiger partial charge in [-0.25, -0.2) is 0 Å². The van der Waals surface area contributed by atoms with E-state index in [0.717, 1.165) is 18.9 Å². The Morgan fingerprint density at radius 3 is 2.59 bits per heavy atom. The Kier molecular flexibility index (Phi) is 4.19. The highest BCUT2D eigenvalue weighted by Gasteiger charge is 2.33. The molecule has 1 saturated carbocycles. The Morgan fingerprint density at radius 2 is 2.00 bits per heavy atom. The summed E-state index contributed by atoms with van der Waals surface area (Å²) in [4.78, 5) is 12.6. The predicted molar refractivity (Wildman–Crippen MR) is 96.5 cm³/mol. The number of aryl methyl sites for hydroxylation is 1. The van der Waals surface area contributed by atoms with Gasteiger partial charge >= 0.3 is 6.18 Å². The van der Waals surface area contributed by atoms with Crippen molar-refractivity contribution >= 4 is 26.8 Å². The minimum Gasteiger partial charge on any atom is -0.382 e. The van der Waals surface area contributed by atoms with Crippen LogP contribution in [0.5, 0.6) is 0 Å². The molecule has 1 aliphatic carbocycles. The van der Waals surface area contributed by atoms with Gasteiger partial charge in [0.05, 0.1) is 11.3 Å². The number of halogens is 4. The van der Waals surface area contributed by atoms with Crippen LogP contribution in [0.3, 0.4) is 0 Å². The number of alkyl halides is 3. The van der Waals surface area contributed by atoms with Crippen molar-refractivity contribution in [2.45, 2.75) is 31.2 Å². The number of pyridine rings is 1. The van der Waals surface area contributed by atoms with Gasteiger partial charge in [-0.3, -0.25) is 9.48 Å². The lowest BCUT2D eigenvalue weighted by molar-refractivity contribution is -0.138. The third-order valence-electron chi connectivity index (χ3n) is 4.78. The van der Waals surface area contributed by atoms with E-state index in [1.54, 1.807) is 23.9 Å². The third-order valence-corrected chi connectivity index (χ3v) is 5.44. The van der Waals surface area contributed by atoms with E-state index >= 15 is 0 Å². The molecule has 1 N–H and O–H groups in total. The molecule has 0 amide bonds. The molecule has 4 rings (SSSR count). The molecule has 2 heterocycles. The van der Waals surface area contributed by atoms with E-state index in [1.165, 1.54) is 16.8 Å². The minimum absolute atomic E-state index is 0.158. The summed E-state index contributed by atoms with van der Waals surface area (Å²) >= 11 is 2.92. The van der Waals surface area contributed by atoms with Crippen molar-refractivity contribution in [2.24, 2.45) is 7.05 Å². The lowest BCUT2D eigenvalue weighted by atomic mass is 10.0. The quantitative estimate of drug-likeness (QED) is 0.669. The van der Waals surface area contributed by atoms with Crippen molar-refractivity contribution in [3.63, 3.8) is 0 Å². The Hall–Kier alpha value is -2.13. The van der Waals surface area contributed by atoms with Crippen molar-refractivity contribution in [1.29, 1.82) is 0 Å². The lowest BCUT2D eigenvalue weighted by Crippen LogP contribution is -2.18. The van der Waals surface area contributed by atoms with E-state index in [0.29, 0.717) is 11.1 Å². The number of benzene rings is 1. The van der Waals surface area contributed by atoms with Gasteiger partial charge in [-0.05, 0) is 36.6 Å². The highest BCUT2D eigenvalue weighted by molar-refractivity contribution is 9.10. The number of rotatable bonds is 3. The molecule has 142 valence electrons. The average Bonchev–Trinajstić information content (AvgIpc) is 3.36. The highest BCUT2D eigenvalue weighted by atomic mass is 79.9. The summed E-state index contributed by atoms with van der Waals surface area (Å²) in [5.74, 6) is 0. The molecule has 1 unspecified atom stereocenters. The molecular formula is C18H15BrF3N3O2. The van der Waals surface area contributed by atoms with Gasteiger partial charge in [-0.2, -0.15) is 18.3 Å². The van der Waals surface area contributed by atoms with E-state index in [2.05, 4.69) is 21.0 Å². The second-order valence-electron chi connectivity index (χ2n) is 6.67. The summed E-state index contributed by atoms with van der Waals surface area (Å²) in [7, 11) is 1.60. The zero-order valence-corrected chi connectivity index (χ0v) is 15.8. The molecule has 2 aromatic heterocycles. The van der Waals surface area contributed by atoms with Gasteiger partial charge in [0, 0.05) is 29.1 Å². The van der Waals surface area contributed by atoms with Crippen LogP contribution >= 0.6 is 15.9 Å². The monoisotopic (exact) mass is 441 g/mol. The number of fused-ring (bicyclic) bond motifs is 1. The van der Waals surface area contributed by atoms with Gasteiger partial charge in [0.15, 0.2) is 5.52 Å². The van der Waals surface area contributed by atoms with Crippen molar-refractivity contribution < 1.29 is 18.3 Å². The van der Waals surface area contributed by atoms with Gasteiger partial charge in [0.25, 0.3) is 5.56 Å². The van der Waals surface area contributed by atoms with E-state index in [4.69, 9.17) is 0 Å². The number of aliphatic hydroxyl groups excluding tert-OH is 1. The van der Waals surface area contributed by atoms with Crippen molar-refractivity contribution in [3.8, 4) is 0 Å². The maximum atomic E-state index is 12.9. The Labute approximate surface area is 160 Å². The van der Waals surface area contributed by atoms with E-state index in [9.17, 15) is 23.1 Å². The van der Waals surface area contributed by atoms with Gasteiger partial charge in [0.2, 0.25) is 0 Å². The van der Waals surface area contributed by atoms with Crippen LogP contribution in [0, 0.1) is 0 Å². The largest absolute Gasteiger partial charge is 0.417 e. The first-order chi connectivity index (χ1) is 12.7. The second-order valence-corrected chi connectivity index (χ2v) is 7.52. The Bertz CT molecular complexity index is 1100. The Balaban J connectivity index is 1.80. The molecule has 3 aromatic rings. The van der Waals surface area contributed by atoms with E-state index in [-0.39, 0.29) is 27.2 Å². The van der Waals surface area contributed by atoms with Crippen molar-refractivity contribution in [1.82, 2.24) is 14.3 Å². The smallest absolute Gasteiger partial charge is 0.382 e. The first-order valence-corrected chi connectivity index (χ1v) is 9.10. The molecule has 5 nitrogen and oxygen atoms in total. The first-order valence-electron chi connectivity index (χ1n) is 8.31. The number of hydrogen-bond acceptors (Lipinski definition) is 3. The lowest BCUT2D eigenvalue weighted by Gasteiger charge is -2.15. The van der Waals surface area contributed by atoms with Gasteiger partial charge in [-0.1, -0.05) is 22.0 Å². The summed E-state index contributed by atoms with van der Waals surface area (Å²) in [5.41, 5.74) is -0.173. The van der Waals surface area contributed by atoms with Gasteiger partial charge < -0.3 is 9.67 Å². The molecule has 0 aliphatic heterocycles. The van der Waals surface area contributed by atoms with Gasteiger partial charge in [-0.15, -0.1) is 0 Å². The summed E-state index contributed by atoms with van der Waals surface area (Å²) in [6, 6.07) is 5.30. The number of hydrogen-bond donors (Lipinski definition) is 1. The molecule has 1 aliphatic rings. The second kappa shape index (κ2) is 6.20. The number of aliphatic hydroxyl groups is 1. The predicted octanol–water partition coefficient (Wildman–Crippen LogP) is 3.93. The molecule has 1 aromatic carbocycles. The van der Waals surface area contributed by atoms with Crippen LogP contribution in [-0.2, 0) is 13.2 Å². The van der Waals surface area contributed by atoms with E-state index in [1.807, 2.05) is 0 Å². The first kappa shape index (κ1) is 18.2. The zero-order chi connectivity index (χ0) is 19.5. The van der Waals surface area contributed by atoms with Crippen LogP contribution in [0.4, 0.5) is 13.2 Å². The van der Waals surface area contributed by atoms with Crippen LogP contribution < -0.4 is 5.56 Å². The zero-order valence-electron chi connectivity index (χ0n) is 14.2. The summed E-state index contributed by atoms with van der Waals surface area (Å²) in [6.45, 7) is 0. The SMILES string of the molecule is Cn1nc2c(=O)n(C3CC3)ccc2c1C(O)c1ccc(C(F)(F)F)c(Br)c1. The highest BCUT2D eigenvalue weighted by Crippen LogP contribution is 2.38. The number of nitrogens with zero attached hydrogens (tertiary/aromatic N) is 3. The topological polar surface area (TPSA) is 60.0 Å². The van der Waals surface area contributed by atoms with E-state index < -0.39 is 17.8 Å². The average molecular weight is 442 g/mol. The standard InChI is InChI=1S/C18H15BrF3N3O2/c1-24-15(11-6-7-25(10-3-4-10)17(27)14(11)23-24)16(26)9-2-5-12(13(19)8-9)18(20,21)22/h2,5-8,10,16,26H,3-4H2,1H3. The molecule has 0 bridgehead atoms. The number of aromatic nitrogens is 3. The van der Waals surface area contributed by atoms with Crippen LogP contribution in [-0.4, -0.2) is 19.5 Å². The molecule has 1 atom stereocenters. The minimum atomic E-state index is -4.49. The molecule has 27 heavy (non-hydrogen) atoms. The van der Waals surface area contributed by atoms with Crippen molar-refractivity contribution in [3.05, 3.63) is 62.1 Å². The molecular weight excluding hydrogens is 427 g/mol. The molecule has 0 spiro atoms. The van der Waals surface area contributed by atoms with Crippen LogP contribution in [0.25, 0.3) is 10.9 Å². The fourth-order valence-electron chi connectivity index (χ4n) is 3.27. The third kappa shape index (κ3) is 3.08. The maximum Gasteiger partial charge on any atom is 0.417 e. The van der Waals surface area contributed by atoms with Crippen LogP contribution in [0.1, 0.15) is 41.8 Å². The molecule has 0 radical (unpaired) electrons. The molecule has 0 saturated heterocycles. The normalized spacial score (nSPS) is 16.1. The fourth-order valence-corrected chi connectivity index (χ4v) is 3.90. The molecule has 1 fully saturated rings. The molecule has 9 heteroatoms. The van der Waals surface area contributed by atoms with Crippen LogP contribution in [0.15, 0.2) is 39.7 Å². The Morgan fingerprint density at radius 1 is 1.30 bits per heavy atom. The maximum absolute atomic E-state index is 12.9.